The Bertz CT molecular complexity index is 820. The second-order valence-electron chi connectivity index (χ2n) is 8.23. The average Bonchev–Trinajstić information content (AvgIpc) is 2.59. The highest BCUT2D eigenvalue weighted by molar-refractivity contribution is 6.30. The average molecular weight is 432 g/mol. The van der Waals surface area contributed by atoms with Gasteiger partial charge in [-0.25, -0.2) is 13.2 Å². The van der Waals surface area contributed by atoms with E-state index in [2.05, 4.69) is 16.0 Å². The molecule has 1 heterocycles. The Labute approximate surface area is 170 Å². The van der Waals surface area contributed by atoms with Gasteiger partial charge < -0.3 is 20.7 Å². The second-order valence-corrected chi connectivity index (χ2v) is 8.64. The zero-order chi connectivity index (χ0) is 20.8. The molecule has 1 saturated heterocycles. The van der Waals surface area contributed by atoms with Crippen LogP contribution in [0, 0.1) is 5.82 Å². The Kier molecular flexibility index (Phi) is 5.14. The van der Waals surface area contributed by atoms with Crippen molar-refractivity contribution in [3.05, 3.63) is 29.0 Å². The van der Waals surface area contributed by atoms with E-state index in [-0.39, 0.29) is 36.3 Å². The van der Waals surface area contributed by atoms with E-state index in [1.54, 1.807) is 0 Å². The molecule has 2 bridgehead atoms. The molecule has 4 aliphatic rings. The lowest BCUT2D eigenvalue weighted by molar-refractivity contribution is -0.152. The zero-order valence-electron chi connectivity index (χ0n) is 15.4. The summed E-state index contributed by atoms with van der Waals surface area (Å²) in [6, 6.07) is 2.86. The predicted octanol–water partition coefficient (Wildman–Crippen LogP) is 1.80. The molecule has 1 aromatic carbocycles. The van der Waals surface area contributed by atoms with E-state index in [1.165, 1.54) is 12.1 Å². The van der Waals surface area contributed by atoms with Gasteiger partial charge in [-0.3, -0.25) is 9.59 Å². The third-order valence-corrected chi connectivity index (χ3v) is 6.08. The molecule has 1 aromatic rings. The van der Waals surface area contributed by atoms with Gasteiger partial charge in [-0.15, -0.1) is 0 Å². The van der Waals surface area contributed by atoms with Crippen molar-refractivity contribution >= 4 is 23.4 Å². The molecule has 3 unspecified atom stereocenters. The number of ether oxygens (including phenoxy) is 1. The van der Waals surface area contributed by atoms with Gasteiger partial charge in [-0.1, -0.05) is 11.6 Å². The van der Waals surface area contributed by atoms with E-state index in [4.69, 9.17) is 16.3 Å². The minimum atomic E-state index is -1.56. The molecule has 1 aliphatic heterocycles. The van der Waals surface area contributed by atoms with Crippen LogP contribution in [-0.2, 0) is 9.59 Å². The summed E-state index contributed by atoms with van der Waals surface area (Å²) in [5, 5.41) is 8.29. The number of hydrogen-bond donors (Lipinski definition) is 3. The van der Waals surface area contributed by atoms with E-state index < -0.39 is 41.2 Å². The van der Waals surface area contributed by atoms with Crippen LogP contribution in [0.1, 0.15) is 25.7 Å². The van der Waals surface area contributed by atoms with Crippen molar-refractivity contribution in [3.8, 4) is 5.75 Å². The number of rotatable bonds is 6. The summed E-state index contributed by atoms with van der Waals surface area (Å²) in [6.45, 7) is -0.314. The molecule has 10 heteroatoms. The summed E-state index contributed by atoms with van der Waals surface area (Å²) in [7, 11) is 0. The maximum absolute atomic E-state index is 13.9. The first kappa shape index (κ1) is 20.3. The monoisotopic (exact) mass is 431 g/mol. The van der Waals surface area contributed by atoms with Crippen molar-refractivity contribution in [1.82, 2.24) is 16.0 Å². The Hall–Kier alpha value is -2.00. The number of amides is 2. The fourth-order valence-corrected chi connectivity index (χ4v) is 4.66. The number of piperidine rings is 1. The lowest BCUT2D eigenvalue weighted by atomic mass is 9.44. The molecule has 0 radical (unpaired) electrons. The molecule has 5 rings (SSSR count). The third kappa shape index (κ3) is 4.02. The highest BCUT2D eigenvalue weighted by atomic mass is 35.5. The summed E-state index contributed by atoms with van der Waals surface area (Å²) in [5.74, 6) is -1.27. The number of nitrogens with one attached hydrogen (secondary N) is 3. The molecule has 0 aromatic heterocycles. The zero-order valence-corrected chi connectivity index (χ0v) is 16.2. The molecule has 4 fully saturated rings. The topological polar surface area (TPSA) is 79.5 Å². The van der Waals surface area contributed by atoms with Gasteiger partial charge in [-0.05, 0) is 31.4 Å². The van der Waals surface area contributed by atoms with E-state index >= 15 is 0 Å². The van der Waals surface area contributed by atoms with Crippen LogP contribution in [0.3, 0.4) is 0 Å². The standard InChI is InChI=1S/C19H21ClF3N3O3/c20-12-2-1-11(4-13(12)22)29-6-15(27)25-18-7-19(8-18,9-18)26-17(28)16-14(23)3-10(21)5-24-16/h1-2,4,10,14,16,24H,3,5-9H2,(H,25,27)(H,26,28). The van der Waals surface area contributed by atoms with Gasteiger partial charge in [-0.2, -0.15) is 0 Å². The quantitative estimate of drug-likeness (QED) is 0.642. The Morgan fingerprint density at radius 1 is 1.21 bits per heavy atom. The molecular formula is C19H21ClF3N3O3. The van der Waals surface area contributed by atoms with Gasteiger partial charge >= 0.3 is 0 Å². The van der Waals surface area contributed by atoms with Gasteiger partial charge in [0.1, 0.15) is 30.0 Å². The summed E-state index contributed by atoms with van der Waals surface area (Å²) < 4.78 is 45.7. The minimum absolute atomic E-state index is 0.0324. The van der Waals surface area contributed by atoms with Gasteiger partial charge in [0, 0.05) is 30.1 Å². The second kappa shape index (κ2) is 7.36. The van der Waals surface area contributed by atoms with Crippen molar-refractivity contribution in [3.63, 3.8) is 0 Å². The first-order valence-electron chi connectivity index (χ1n) is 9.42. The van der Waals surface area contributed by atoms with Gasteiger partial charge in [0.2, 0.25) is 5.91 Å². The summed E-state index contributed by atoms with van der Waals surface area (Å²) in [6.07, 6.45) is -1.49. The number of carbonyl (C=O) groups is 2. The maximum atomic E-state index is 13.9. The fraction of sp³-hybridized carbons (Fsp3) is 0.579. The normalized spacial score (nSPS) is 35.1. The predicted molar refractivity (Wildman–Crippen MR) is 98.7 cm³/mol. The fourth-order valence-electron chi connectivity index (χ4n) is 4.54. The van der Waals surface area contributed by atoms with Gasteiger partial charge in [0.05, 0.1) is 5.02 Å². The first-order valence-corrected chi connectivity index (χ1v) is 9.80. The Morgan fingerprint density at radius 2 is 1.90 bits per heavy atom. The molecule has 3 N–H and O–H groups in total. The molecule has 29 heavy (non-hydrogen) atoms. The van der Waals surface area contributed by atoms with E-state index in [0.29, 0.717) is 19.3 Å². The molecular weight excluding hydrogens is 411 g/mol. The van der Waals surface area contributed by atoms with Crippen LogP contribution >= 0.6 is 11.6 Å². The molecule has 6 nitrogen and oxygen atoms in total. The summed E-state index contributed by atoms with van der Waals surface area (Å²) in [4.78, 5) is 24.4. The number of hydrogen-bond acceptors (Lipinski definition) is 4. The van der Waals surface area contributed by atoms with Gasteiger partial charge in [0.15, 0.2) is 6.61 Å². The first-order chi connectivity index (χ1) is 13.7. The SMILES string of the molecule is O=C(COc1ccc(Cl)c(F)c1)NC12CC(NC(=O)C3NCC(F)CC3F)(C1)C2. The van der Waals surface area contributed by atoms with Crippen LogP contribution in [0.4, 0.5) is 13.2 Å². The Balaban J connectivity index is 1.21. The molecule has 0 spiro atoms. The number of carbonyl (C=O) groups excluding carboxylic acids is 2. The summed E-state index contributed by atoms with van der Waals surface area (Å²) in [5.41, 5.74) is -0.851. The molecule has 3 aliphatic carbocycles. The van der Waals surface area contributed by atoms with Crippen LogP contribution in [0.5, 0.6) is 5.75 Å². The minimum Gasteiger partial charge on any atom is -0.484 e. The van der Waals surface area contributed by atoms with Crippen molar-refractivity contribution in [2.24, 2.45) is 0 Å². The van der Waals surface area contributed by atoms with Crippen LogP contribution in [0.15, 0.2) is 18.2 Å². The maximum Gasteiger partial charge on any atom is 0.258 e. The number of halogens is 4. The van der Waals surface area contributed by atoms with E-state index in [0.717, 1.165) is 6.07 Å². The Morgan fingerprint density at radius 3 is 2.55 bits per heavy atom. The molecule has 3 atom stereocenters. The van der Waals surface area contributed by atoms with E-state index in [9.17, 15) is 22.8 Å². The largest absolute Gasteiger partial charge is 0.484 e. The molecule has 2 amide bonds. The van der Waals surface area contributed by atoms with Crippen LogP contribution in [-0.4, -0.2) is 54.4 Å². The van der Waals surface area contributed by atoms with Crippen LogP contribution in [0.2, 0.25) is 5.02 Å². The molecule has 3 saturated carbocycles. The highest BCUT2D eigenvalue weighted by Gasteiger charge is 2.69. The van der Waals surface area contributed by atoms with Crippen molar-refractivity contribution in [1.29, 1.82) is 0 Å². The van der Waals surface area contributed by atoms with Crippen molar-refractivity contribution in [2.45, 2.75) is 55.1 Å². The van der Waals surface area contributed by atoms with Crippen LogP contribution in [0.25, 0.3) is 0 Å². The van der Waals surface area contributed by atoms with Crippen molar-refractivity contribution in [2.75, 3.05) is 13.2 Å². The van der Waals surface area contributed by atoms with Gasteiger partial charge in [0.25, 0.3) is 5.91 Å². The lowest BCUT2D eigenvalue weighted by Gasteiger charge is -2.70. The molecule has 158 valence electrons. The number of benzene rings is 1. The van der Waals surface area contributed by atoms with Crippen molar-refractivity contribution < 1.29 is 27.5 Å². The smallest absolute Gasteiger partial charge is 0.258 e. The van der Waals surface area contributed by atoms with E-state index in [1.807, 2.05) is 0 Å². The lowest BCUT2D eigenvalue weighted by Crippen LogP contribution is -2.84. The third-order valence-electron chi connectivity index (χ3n) is 5.77. The number of alkyl halides is 2. The van der Waals surface area contributed by atoms with Crippen LogP contribution < -0.4 is 20.7 Å². The highest BCUT2D eigenvalue weighted by Crippen LogP contribution is 2.60. The summed E-state index contributed by atoms with van der Waals surface area (Å²) >= 11 is 5.59.